The van der Waals surface area contributed by atoms with Crippen molar-refractivity contribution in [2.24, 2.45) is 16.3 Å². The predicted octanol–water partition coefficient (Wildman–Crippen LogP) is 6.69. The molecule has 0 bridgehead atoms. The molecule has 1 aromatic carbocycles. The van der Waals surface area contributed by atoms with E-state index in [0.717, 1.165) is 29.8 Å². The summed E-state index contributed by atoms with van der Waals surface area (Å²) < 4.78 is 5.81. The minimum atomic E-state index is -0.430. The molecule has 0 fully saturated rings. The summed E-state index contributed by atoms with van der Waals surface area (Å²) in [5, 5.41) is 21.4. The lowest BCUT2D eigenvalue weighted by atomic mass is 9.72. The molecule has 0 amide bonds. The van der Waals surface area contributed by atoms with Crippen LogP contribution in [0.4, 0.5) is 10.7 Å². The number of fused-ring (bicyclic) bond motifs is 1. The first-order valence-electron chi connectivity index (χ1n) is 10.2. The Hall–Kier alpha value is -3.24. The Bertz CT molecular complexity index is 1210. The minimum absolute atomic E-state index is 0.0144. The van der Waals surface area contributed by atoms with Crippen LogP contribution in [0.25, 0.3) is 11.3 Å². The van der Waals surface area contributed by atoms with Gasteiger partial charge in [-0.2, -0.15) is 5.26 Å². The molecule has 1 aliphatic carbocycles. The molecule has 0 radical (unpaired) electrons. The molecule has 2 aromatic heterocycles. The molecule has 4 rings (SSSR count). The average Bonchev–Trinajstić information content (AvgIpc) is 3.35. The van der Waals surface area contributed by atoms with Crippen molar-refractivity contribution in [1.29, 1.82) is 5.26 Å². The highest BCUT2D eigenvalue weighted by molar-refractivity contribution is 7.16. The van der Waals surface area contributed by atoms with Crippen molar-refractivity contribution < 1.29 is 9.34 Å². The van der Waals surface area contributed by atoms with Gasteiger partial charge in [0.1, 0.15) is 22.6 Å². The fourth-order valence-corrected chi connectivity index (χ4v) is 5.21. The van der Waals surface area contributed by atoms with E-state index in [1.165, 1.54) is 17.0 Å². The zero-order valence-electron chi connectivity index (χ0n) is 17.7. The first-order valence-corrected chi connectivity index (χ1v) is 11.0. The summed E-state index contributed by atoms with van der Waals surface area (Å²) in [5.74, 6) is 1.66. The summed E-state index contributed by atoms with van der Waals surface area (Å²) in [6.45, 7) is 6.82. The van der Waals surface area contributed by atoms with E-state index < -0.39 is 4.92 Å². The number of nitro benzene ring substituents is 1. The second kappa shape index (κ2) is 8.12. The van der Waals surface area contributed by atoms with Crippen molar-refractivity contribution in [3.8, 4) is 17.4 Å². The standard InChI is InChI=1S/C24H23N3O3S/c1-24(2,3)16-7-9-19-20(13-25)23(31-22(19)12-16)26-14-18-8-10-21(30-18)15-5-4-6-17(11-15)27(28)29/h4-6,8,10-11,14,16H,7,9,12H2,1-3H3/t16-/m1/s1. The lowest BCUT2D eigenvalue weighted by molar-refractivity contribution is -0.384. The van der Waals surface area contributed by atoms with Crippen molar-refractivity contribution in [1.82, 2.24) is 0 Å². The zero-order chi connectivity index (χ0) is 22.2. The van der Waals surface area contributed by atoms with Gasteiger partial charge in [-0.05, 0) is 48.3 Å². The maximum atomic E-state index is 11.0. The van der Waals surface area contributed by atoms with Gasteiger partial charge in [-0.25, -0.2) is 4.99 Å². The third kappa shape index (κ3) is 4.30. The molecule has 0 unspecified atom stereocenters. The molecule has 0 N–H and O–H groups in total. The molecule has 7 heteroatoms. The SMILES string of the molecule is CC(C)(C)[C@@H]1CCc2c(sc(N=Cc3ccc(-c4cccc([N+](=O)[O-])c4)o3)c2C#N)C1. The molecule has 158 valence electrons. The summed E-state index contributed by atoms with van der Waals surface area (Å²) in [6, 6.07) is 12.2. The van der Waals surface area contributed by atoms with E-state index in [-0.39, 0.29) is 11.1 Å². The summed E-state index contributed by atoms with van der Waals surface area (Å²) in [4.78, 5) is 16.4. The third-order valence-electron chi connectivity index (χ3n) is 5.86. The van der Waals surface area contributed by atoms with Gasteiger partial charge >= 0.3 is 0 Å². The Morgan fingerprint density at radius 1 is 1.32 bits per heavy atom. The second-order valence-electron chi connectivity index (χ2n) is 8.87. The van der Waals surface area contributed by atoms with E-state index >= 15 is 0 Å². The molecule has 0 saturated carbocycles. The van der Waals surface area contributed by atoms with Gasteiger partial charge in [-0.1, -0.05) is 32.9 Å². The van der Waals surface area contributed by atoms with Gasteiger partial charge in [0.15, 0.2) is 0 Å². The summed E-state index contributed by atoms with van der Waals surface area (Å²) in [5.41, 5.74) is 2.72. The predicted molar refractivity (Wildman–Crippen MR) is 122 cm³/mol. The average molecular weight is 434 g/mol. The van der Waals surface area contributed by atoms with Crippen LogP contribution in [0.3, 0.4) is 0 Å². The van der Waals surface area contributed by atoms with Crippen molar-refractivity contribution in [2.75, 3.05) is 0 Å². The van der Waals surface area contributed by atoms with E-state index in [9.17, 15) is 15.4 Å². The summed E-state index contributed by atoms with van der Waals surface area (Å²) >= 11 is 1.60. The summed E-state index contributed by atoms with van der Waals surface area (Å²) in [7, 11) is 0. The topological polar surface area (TPSA) is 92.4 Å². The molecule has 0 saturated heterocycles. The van der Waals surface area contributed by atoms with Crippen LogP contribution in [0.1, 0.15) is 49.0 Å². The number of non-ortho nitro benzene ring substituents is 1. The van der Waals surface area contributed by atoms with Crippen LogP contribution in [-0.4, -0.2) is 11.1 Å². The molecular formula is C24H23N3O3S. The molecule has 1 aliphatic rings. The monoisotopic (exact) mass is 433 g/mol. The Balaban J connectivity index is 1.58. The van der Waals surface area contributed by atoms with Gasteiger partial charge < -0.3 is 4.42 Å². The number of benzene rings is 1. The van der Waals surface area contributed by atoms with Gasteiger partial charge in [-0.15, -0.1) is 11.3 Å². The molecule has 1 atom stereocenters. The number of nitro groups is 1. The number of hydrogen-bond donors (Lipinski definition) is 0. The Morgan fingerprint density at radius 2 is 2.13 bits per heavy atom. The van der Waals surface area contributed by atoms with Gasteiger partial charge in [-0.3, -0.25) is 10.1 Å². The zero-order valence-corrected chi connectivity index (χ0v) is 18.5. The molecule has 31 heavy (non-hydrogen) atoms. The molecule has 6 nitrogen and oxygen atoms in total. The maximum Gasteiger partial charge on any atom is 0.270 e. The minimum Gasteiger partial charge on any atom is -0.455 e. The van der Waals surface area contributed by atoms with Crippen molar-refractivity contribution in [3.05, 3.63) is 68.3 Å². The number of nitriles is 1. The largest absolute Gasteiger partial charge is 0.455 e. The van der Waals surface area contributed by atoms with Crippen LogP contribution in [0.5, 0.6) is 0 Å². The Labute approximate surface area is 185 Å². The van der Waals surface area contributed by atoms with Gasteiger partial charge in [0, 0.05) is 22.6 Å². The molecule has 3 aromatic rings. The van der Waals surface area contributed by atoms with E-state index in [4.69, 9.17) is 4.42 Å². The highest BCUT2D eigenvalue weighted by Crippen LogP contribution is 2.44. The van der Waals surface area contributed by atoms with E-state index in [1.54, 1.807) is 41.8 Å². The van der Waals surface area contributed by atoms with Crippen LogP contribution in [0, 0.1) is 32.8 Å². The lowest BCUT2D eigenvalue weighted by Crippen LogP contribution is -2.26. The van der Waals surface area contributed by atoms with Crippen LogP contribution in [-0.2, 0) is 12.8 Å². The van der Waals surface area contributed by atoms with Crippen LogP contribution in [0.2, 0.25) is 0 Å². The molecule has 0 aliphatic heterocycles. The fraction of sp³-hybridized carbons (Fsp3) is 0.333. The number of rotatable bonds is 4. The van der Waals surface area contributed by atoms with Gasteiger partial charge in [0.25, 0.3) is 5.69 Å². The Morgan fingerprint density at radius 3 is 2.84 bits per heavy atom. The molecule has 2 heterocycles. The number of furan rings is 1. The van der Waals surface area contributed by atoms with Crippen LogP contribution >= 0.6 is 11.3 Å². The fourth-order valence-electron chi connectivity index (χ4n) is 3.99. The third-order valence-corrected chi connectivity index (χ3v) is 7.02. The van der Waals surface area contributed by atoms with Gasteiger partial charge in [0.2, 0.25) is 0 Å². The lowest BCUT2D eigenvalue weighted by Gasteiger charge is -2.33. The molecular weight excluding hydrogens is 410 g/mol. The van der Waals surface area contributed by atoms with E-state index in [0.29, 0.717) is 28.6 Å². The number of aliphatic imine (C=N–C) groups is 1. The van der Waals surface area contributed by atoms with Crippen LogP contribution in [0.15, 0.2) is 45.8 Å². The first-order chi connectivity index (χ1) is 14.8. The number of nitrogens with zero attached hydrogens (tertiary/aromatic N) is 3. The Kier molecular flexibility index (Phi) is 5.50. The van der Waals surface area contributed by atoms with Crippen molar-refractivity contribution >= 4 is 28.2 Å². The van der Waals surface area contributed by atoms with Crippen molar-refractivity contribution in [2.45, 2.75) is 40.0 Å². The highest BCUT2D eigenvalue weighted by Gasteiger charge is 2.32. The normalized spacial score (nSPS) is 16.3. The van der Waals surface area contributed by atoms with Gasteiger partial charge in [0.05, 0.1) is 16.7 Å². The summed E-state index contributed by atoms with van der Waals surface area (Å²) in [6.07, 6.45) is 4.62. The van der Waals surface area contributed by atoms with Crippen LogP contribution < -0.4 is 0 Å². The molecule has 0 spiro atoms. The maximum absolute atomic E-state index is 11.0. The number of hydrogen-bond acceptors (Lipinski definition) is 6. The number of thiophene rings is 1. The van der Waals surface area contributed by atoms with Crippen molar-refractivity contribution in [3.63, 3.8) is 0 Å². The first kappa shape index (κ1) is 21.0. The van der Waals surface area contributed by atoms with E-state index in [1.807, 2.05) is 0 Å². The quantitative estimate of drug-likeness (QED) is 0.260. The smallest absolute Gasteiger partial charge is 0.270 e. The second-order valence-corrected chi connectivity index (χ2v) is 9.95. The van der Waals surface area contributed by atoms with E-state index in [2.05, 4.69) is 31.8 Å². The highest BCUT2D eigenvalue weighted by atomic mass is 32.1.